The molecule has 0 aromatic carbocycles. The van der Waals surface area contributed by atoms with Crippen LogP contribution in [0.2, 0.25) is 0 Å². The molecule has 16 heavy (non-hydrogen) atoms. The summed E-state index contributed by atoms with van der Waals surface area (Å²) in [5.74, 6) is 0. The Bertz CT molecular complexity index is 503. The van der Waals surface area contributed by atoms with Crippen LogP contribution in [0.3, 0.4) is 0 Å². The van der Waals surface area contributed by atoms with Crippen molar-refractivity contribution in [2.24, 2.45) is 7.05 Å². The van der Waals surface area contributed by atoms with Gasteiger partial charge in [-0.3, -0.25) is 9.67 Å². The Morgan fingerprint density at radius 3 is 2.75 bits per heavy atom. The third-order valence-corrected chi connectivity index (χ3v) is 4.16. The number of hydrogen-bond acceptors (Lipinski definition) is 4. The van der Waals surface area contributed by atoms with Crippen LogP contribution in [0.4, 0.5) is 5.69 Å². The van der Waals surface area contributed by atoms with Gasteiger partial charge in [0, 0.05) is 13.2 Å². The Labute approximate surface area is 106 Å². The molecule has 0 aliphatic heterocycles. The van der Waals surface area contributed by atoms with E-state index in [-0.39, 0.29) is 0 Å². The first-order valence-corrected chi connectivity index (χ1v) is 6.26. The van der Waals surface area contributed by atoms with Gasteiger partial charge in [-0.05, 0) is 28.9 Å². The second-order valence-electron chi connectivity index (χ2n) is 3.39. The van der Waals surface area contributed by atoms with E-state index < -0.39 is 0 Å². The highest BCUT2D eigenvalue weighted by atomic mass is 79.9. The predicted molar refractivity (Wildman–Crippen MR) is 68.4 cm³/mol. The van der Waals surface area contributed by atoms with Gasteiger partial charge in [-0.2, -0.15) is 5.10 Å². The minimum absolute atomic E-state index is 0.665. The first-order valence-electron chi connectivity index (χ1n) is 4.65. The van der Waals surface area contributed by atoms with Crippen molar-refractivity contribution in [3.63, 3.8) is 0 Å². The van der Waals surface area contributed by atoms with Crippen LogP contribution in [0.5, 0.6) is 0 Å². The summed E-state index contributed by atoms with van der Waals surface area (Å²) < 4.78 is 2.74. The standard InChI is InChI=1S/C10H11BrN4S/c1-6-3-9(15(2)14-6)16-10-7(11)4-13-5-8(10)12/h3-5H,12H2,1-2H3. The monoisotopic (exact) mass is 298 g/mol. The summed E-state index contributed by atoms with van der Waals surface area (Å²) in [4.78, 5) is 4.98. The first kappa shape index (κ1) is 11.5. The van der Waals surface area contributed by atoms with Crippen LogP contribution in [-0.2, 0) is 7.05 Å². The van der Waals surface area contributed by atoms with Gasteiger partial charge in [0.15, 0.2) is 0 Å². The van der Waals surface area contributed by atoms with Gasteiger partial charge in [0.2, 0.25) is 0 Å². The van der Waals surface area contributed by atoms with Gasteiger partial charge >= 0.3 is 0 Å². The third kappa shape index (κ3) is 2.22. The molecule has 0 amide bonds. The zero-order chi connectivity index (χ0) is 11.7. The maximum atomic E-state index is 5.88. The fourth-order valence-corrected chi connectivity index (χ4v) is 2.86. The normalized spacial score (nSPS) is 10.7. The maximum absolute atomic E-state index is 5.88. The van der Waals surface area contributed by atoms with Crippen LogP contribution in [0, 0.1) is 6.92 Å². The molecule has 0 spiro atoms. The van der Waals surface area contributed by atoms with Crippen molar-refractivity contribution in [3.8, 4) is 0 Å². The number of aryl methyl sites for hydroxylation is 2. The molecular weight excluding hydrogens is 288 g/mol. The summed E-state index contributed by atoms with van der Waals surface area (Å²) >= 11 is 5.02. The van der Waals surface area contributed by atoms with E-state index in [0.717, 1.165) is 20.1 Å². The number of pyridine rings is 1. The Kier molecular flexibility index (Phi) is 3.20. The van der Waals surface area contributed by atoms with Crippen LogP contribution >= 0.6 is 27.7 Å². The Hall–Kier alpha value is -1.01. The molecule has 4 nitrogen and oxygen atoms in total. The minimum atomic E-state index is 0.665. The lowest BCUT2D eigenvalue weighted by Crippen LogP contribution is -1.95. The number of nitrogens with zero attached hydrogens (tertiary/aromatic N) is 3. The van der Waals surface area contributed by atoms with Crippen LogP contribution in [0.25, 0.3) is 0 Å². The Morgan fingerprint density at radius 2 is 2.19 bits per heavy atom. The summed E-state index contributed by atoms with van der Waals surface area (Å²) in [7, 11) is 1.92. The van der Waals surface area contributed by atoms with E-state index in [1.807, 2.05) is 24.7 Å². The van der Waals surface area contributed by atoms with Crippen LogP contribution in [-0.4, -0.2) is 14.8 Å². The van der Waals surface area contributed by atoms with Crippen LogP contribution < -0.4 is 5.73 Å². The minimum Gasteiger partial charge on any atom is -0.397 e. The molecule has 0 bridgehead atoms. The Balaban J connectivity index is 2.37. The van der Waals surface area contributed by atoms with E-state index in [9.17, 15) is 0 Å². The van der Waals surface area contributed by atoms with Crippen molar-refractivity contribution < 1.29 is 0 Å². The number of nitrogens with two attached hydrogens (primary N) is 1. The summed E-state index contributed by atoms with van der Waals surface area (Å²) in [6.45, 7) is 1.97. The molecule has 84 valence electrons. The molecule has 0 atom stereocenters. The van der Waals surface area contributed by atoms with E-state index in [4.69, 9.17) is 5.73 Å². The molecule has 2 aromatic heterocycles. The van der Waals surface area contributed by atoms with E-state index >= 15 is 0 Å². The lowest BCUT2D eigenvalue weighted by molar-refractivity contribution is 0.692. The number of hydrogen-bond donors (Lipinski definition) is 1. The van der Waals surface area contributed by atoms with Crippen LogP contribution in [0.15, 0.2) is 32.9 Å². The van der Waals surface area contributed by atoms with Gasteiger partial charge in [0.25, 0.3) is 0 Å². The molecule has 6 heteroatoms. The van der Waals surface area contributed by atoms with Crippen molar-refractivity contribution in [1.29, 1.82) is 0 Å². The second-order valence-corrected chi connectivity index (χ2v) is 5.27. The number of anilines is 1. The second kappa shape index (κ2) is 4.47. The van der Waals surface area contributed by atoms with Gasteiger partial charge in [-0.25, -0.2) is 0 Å². The summed E-state index contributed by atoms with van der Waals surface area (Å²) in [5.41, 5.74) is 7.54. The maximum Gasteiger partial charge on any atom is 0.0988 e. The number of nitrogen functional groups attached to an aromatic ring is 1. The molecule has 0 unspecified atom stereocenters. The number of halogens is 1. The van der Waals surface area contributed by atoms with Gasteiger partial charge in [0.1, 0.15) is 0 Å². The van der Waals surface area contributed by atoms with Crippen molar-refractivity contribution in [3.05, 3.63) is 28.6 Å². The topological polar surface area (TPSA) is 56.7 Å². The van der Waals surface area contributed by atoms with Crippen molar-refractivity contribution in [2.75, 3.05) is 5.73 Å². The fraction of sp³-hybridized carbons (Fsp3) is 0.200. The van der Waals surface area contributed by atoms with Crippen LogP contribution in [0.1, 0.15) is 5.69 Å². The lowest BCUT2D eigenvalue weighted by atomic mass is 10.4. The highest BCUT2D eigenvalue weighted by molar-refractivity contribution is 9.10. The van der Waals surface area contributed by atoms with Crippen molar-refractivity contribution >= 4 is 33.4 Å². The van der Waals surface area contributed by atoms with Gasteiger partial charge in [0.05, 0.1) is 32.0 Å². The number of rotatable bonds is 2. The van der Waals surface area contributed by atoms with Crippen molar-refractivity contribution in [2.45, 2.75) is 16.8 Å². The van der Waals surface area contributed by atoms with Gasteiger partial charge in [-0.15, -0.1) is 0 Å². The molecule has 0 saturated heterocycles. The molecule has 0 aliphatic carbocycles. The summed E-state index contributed by atoms with van der Waals surface area (Å²) in [6.07, 6.45) is 3.39. The molecule has 0 aliphatic rings. The van der Waals surface area contributed by atoms with E-state index in [1.165, 1.54) is 0 Å². The summed E-state index contributed by atoms with van der Waals surface area (Å²) in [5, 5.41) is 5.34. The quantitative estimate of drug-likeness (QED) is 0.926. The Morgan fingerprint density at radius 1 is 1.44 bits per heavy atom. The molecule has 0 radical (unpaired) electrons. The molecule has 2 N–H and O–H groups in total. The van der Waals surface area contributed by atoms with E-state index in [0.29, 0.717) is 5.69 Å². The highest BCUT2D eigenvalue weighted by Gasteiger charge is 2.10. The molecule has 2 rings (SSSR count). The smallest absolute Gasteiger partial charge is 0.0988 e. The van der Waals surface area contributed by atoms with Gasteiger partial charge < -0.3 is 5.73 Å². The summed E-state index contributed by atoms with van der Waals surface area (Å²) in [6, 6.07) is 2.02. The predicted octanol–water partition coefficient (Wildman–Crippen LogP) is 2.62. The molecule has 0 fully saturated rings. The SMILES string of the molecule is Cc1cc(Sc2c(N)cncc2Br)n(C)n1. The fourth-order valence-electron chi connectivity index (χ4n) is 1.33. The average Bonchev–Trinajstić information content (AvgIpc) is 2.51. The molecule has 2 heterocycles. The van der Waals surface area contributed by atoms with E-state index in [1.54, 1.807) is 24.2 Å². The third-order valence-electron chi connectivity index (χ3n) is 2.05. The largest absolute Gasteiger partial charge is 0.397 e. The van der Waals surface area contributed by atoms with Crippen molar-refractivity contribution in [1.82, 2.24) is 14.8 Å². The zero-order valence-electron chi connectivity index (χ0n) is 8.94. The molecular formula is C10H11BrN4S. The zero-order valence-corrected chi connectivity index (χ0v) is 11.3. The number of aromatic nitrogens is 3. The lowest BCUT2D eigenvalue weighted by Gasteiger charge is -2.06. The highest BCUT2D eigenvalue weighted by Crippen LogP contribution is 2.36. The average molecular weight is 299 g/mol. The first-order chi connectivity index (χ1) is 7.58. The molecule has 0 saturated carbocycles. The van der Waals surface area contributed by atoms with Gasteiger partial charge in [-0.1, -0.05) is 11.8 Å². The van der Waals surface area contributed by atoms with E-state index in [2.05, 4.69) is 26.0 Å². The molecule has 2 aromatic rings.